The normalized spacial score (nSPS) is 27.6. The number of hydrogen-bond acceptors (Lipinski definition) is 3. The smallest absolute Gasteiger partial charge is 0.304 e. The standard InChI is InChI=1S/C9H16N2O2/c1-4-11-7(3)8(5-9(12)13)6(2)10-11/h7-8H,4-5H2,1-3H3,(H,12,13). The molecule has 0 saturated heterocycles. The Morgan fingerprint density at radius 3 is 2.69 bits per heavy atom. The van der Waals surface area contributed by atoms with Gasteiger partial charge in [-0.05, 0) is 20.8 Å². The zero-order valence-corrected chi connectivity index (χ0v) is 8.32. The van der Waals surface area contributed by atoms with Gasteiger partial charge >= 0.3 is 5.97 Å². The Balaban J connectivity index is 2.67. The van der Waals surface area contributed by atoms with E-state index >= 15 is 0 Å². The Labute approximate surface area is 78.2 Å². The Bertz CT molecular complexity index is 238. The Morgan fingerprint density at radius 1 is 1.69 bits per heavy atom. The van der Waals surface area contributed by atoms with Crippen molar-refractivity contribution in [2.24, 2.45) is 11.0 Å². The molecular weight excluding hydrogens is 168 g/mol. The lowest BCUT2D eigenvalue weighted by Crippen LogP contribution is -2.31. The monoisotopic (exact) mass is 184 g/mol. The van der Waals surface area contributed by atoms with Gasteiger partial charge in [0.1, 0.15) is 0 Å². The molecule has 74 valence electrons. The lowest BCUT2D eigenvalue weighted by atomic mass is 9.94. The SMILES string of the molecule is CCN1N=C(C)C(CC(=O)O)C1C. The third-order valence-corrected chi connectivity index (χ3v) is 2.59. The van der Waals surface area contributed by atoms with Crippen LogP contribution in [0.3, 0.4) is 0 Å². The molecule has 0 aliphatic carbocycles. The molecule has 1 rings (SSSR count). The van der Waals surface area contributed by atoms with Gasteiger partial charge in [0.15, 0.2) is 0 Å². The molecule has 0 bridgehead atoms. The minimum atomic E-state index is -0.746. The average molecular weight is 184 g/mol. The summed E-state index contributed by atoms with van der Waals surface area (Å²) in [4.78, 5) is 10.6. The van der Waals surface area contributed by atoms with E-state index in [1.54, 1.807) is 0 Å². The number of rotatable bonds is 3. The summed E-state index contributed by atoms with van der Waals surface area (Å²) in [6.45, 7) is 6.79. The zero-order valence-electron chi connectivity index (χ0n) is 8.32. The second-order valence-electron chi connectivity index (χ2n) is 3.44. The van der Waals surface area contributed by atoms with Crippen LogP contribution in [0.5, 0.6) is 0 Å². The molecule has 1 N–H and O–H groups in total. The van der Waals surface area contributed by atoms with Gasteiger partial charge in [0.2, 0.25) is 0 Å². The van der Waals surface area contributed by atoms with E-state index in [2.05, 4.69) is 5.10 Å². The molecule has 13 heavy (non-hydrogen) atoms. The summed E-state index contributed by atoms with van der Waals surface area (Å²) in [6, 6.07) is 0.223. The van der Waals surface area contributed by atoms with E-state index in [4.69, 9.17) is 5.11 Å². The highest BCUT2D eigenvalue weighted by Crippen LogP contribution is 2.24. The molecule has 4 nitrogen and oxygen atoms in total. The summed E-state index contributed by atoms with van der Waals surface area (Å²) in [5.74, 6) is -0.665. The van der Waals surface area contributed by atoms with Gasteiger partial charge in [-0.1, -0.05) is 0 Å². The summed E-state index contributed by atoms with van der Waals surface area (Å²) in [6.07, 6.45) is 0.188. The maximum atomic E-state index is 10.6. The van der Waals surface area contributed by atoms with Crippen LogP contribution in [0.2, 0.25) is 0 Å². The van der Waals surface area contributed by atoms with Gasteiger partial charge in [0.25, 0.3) is 0 Å². The van der Waals surface area contributed by atoms with Crippen LogP contribution >= 0.6 is 0 Å². The molecule has 1 aliphatic heterocycles. The van der Waals surface area contributed by atoms with E-state index < -0.39 is 5.97 Å². The molecule has 0 fully saturated rings. The molecular formula is C9H16N2O2. The minimum absolute atomic E-state index is 0.0810. The molecule has 0 amide bonds. The van der Waals surface area contributed by atoms with Crippen molar-refractivity contribution in [1.82, 2.24) is 5.01 Å². The van der Waals surface area contributed by atoms with E-state index in [1.807, 2.05) is 25.8 Å². The highest BCUT2D eigenvalue weighted by atomic mass is 16.4. The fourth-order valence-electron chi connectivity index (χ4n) is 1.79. The summed E-state index contributed by atoms with van der Waals surface area (Å²) in [5.41, 5.74) is 0.941. The predicted molar refractivity (Wildman–Crippen MR) is 50.7 cm³/mol. The lowest BCUT2D eigenvalue weighted by molar-refractivity contribution is -0.137. The summed E-state index contributed by atoms with van der Waals surface area (Å²) >= 11 is 0. The van der Waals surface area contributed by atoms with Crippen LogP contribution in [-0.4, -0.2) is 34.4 Å². The van der Waals surface area contributed by atoms with E-state index in [9.17, 15) is 4.79 Å². The number of hydrogen-bond donors (Lipinski definition) is 1. The number of hydrazone groups is 1. The molecule has 0 radical (unpaired) electrons. The largest absolute Gasteiger partial charge is 0.481 e. The average Bonchev–Trinajstić information content (AvgIpc) is 2.31. The number of carboxylic acid groups (broad SMARTS) is 1. The maximum absolute atomic E-state index is 10.6. The first kappa shape index (κ1) is 10.0. The Morgan fingerprint density at radius 2 is 2.31 bits per heavy atom. The molecule has 4 heteroatoms. The maximum Gasteiger partial charge on any atom is 0.304 e. The van der Waals surface area contributed by atoms with Crippen LogP contribution < -0.4 is 0 Å². The first-order chi connectivity index (χ1) is 6.06. The molecule has 2 atom stereocenters. The fourth-order valence-corrected chi connectivity index (χ4v) is 1.79. The number of aliphatic carboxylic acids is 1. The molecule has 1 heterocycles. The quantitative estimate of drug-likeness (QED) is 0.716. The lowest BCUT2D eigenvalue weighted by Gasteiger charge is -2.21. The molecule has 1 aliphatic rings. The van der Waals surface area contributed by atoms with E-state index in [-0.39, 0.29) is 18.4 Å². The van der Waals surface area contributed by atoms with Crippen molar-refractivity contribution in [2.45, 2.75) is 33.2 Å². The second-order valence-corrected chi connectivity index (χ2v) is 3.44. The van der Waals surface area contributed by atoms with Crippen molar-refractivity contribution in [3.63, 3.8) is 0 Å². The molecule has 0 saturated carbocycles. The highest BCUT2D eigenvalue weighted by Gasteiger charge is 2.32. The third-order valence-electron chi connectivity index (χ3n) is 2.59. The molecule has 2 unspecified atom stereocenters. The van der Waals surface area contributed by atoms with Crippen LogP contribution in [0, 0.1) is 5.92 Å². The van der Waals surface area contributed by atoms with Gasteiger partial charge < -0.3 is 5.11 Å². The van der Waals surface area contributed by atoms with Gasteiger partial charge in [0.05, 0.1) is 12.5 Å². The number of nitrogens with zero attached hydrogens (tertiary/aromatic N) is 2. The topological polar surface area (TPSA) is 52.9 Å². The van der Waals surface area contributed by atoms with Gasteiger partial charge in [-0.15, -0.1) is 0 Å². The van der Waals surface area contributed by atoms with E-state index in [1.165, 1.54) is 0 Å². The van der Waals surface area contributed by atoms with Gasteiger partial charge in [-0.25, -0.2) is 0 Å². The van der Waals surface area contributed by atoms with Crippen LogP contribution in [0.4, 0.5) is 0 Å². The summed E-state index contributed by atoms with van der Waals surface area (Å²) < 4.78 is 0. The summed E-state index contributed by atoms with van der Waals surface area (Å²) in [5, 5.41) is 15.0. The molecule has 0 aromatic rings. The second kappa shape index (κ2) is 3.77. The third kappa shape index (κ3) is 1.99. The van der Waals surface area contributed by atoms with Gasteiger partial charge in [0, 0.05) is 18.2 Å². The Kier molecular flexibility index (Phi) is 2.90. The minimum Gasteiger partial charge on any atom is -0.481 e. The highest BCUT2D eigenvalue weighted by molar-refractivity contribution is 5.89. The zero-order chi connectivity index (χ0) is 10.0. The van der Waals surface area contributed by atoms with Crippen molar-refractivity contribution in [1.29, 1.82) is 0 Å². The van der Waals surface area contributed by atoms with E-state index in [0.29, 0.717) is 0 Å². The van der Waals surface area contributed by atoms with Crippen molar-refractivity contribution >= 4 is 11.7 Å². The van der Waals surface area contributed by atoms with Crippen molar-refractivity contribution in [3.8, 4) is 0 Å². The summed E-state index contributed by atoms with van der Waals surface area (Å²) in [7, 11) is 0. The van der Waals surface area contributed by atoms with Crippen LogP contribution in [0.15, 0.2) is 5.10 Å². The van der Waals surface area contributed by atoms with Crippen molar-refractivity contribution in [2.75, 3.05) is 6.54 Å². The molecule has 0 aromatic carbocycles. The van der Waals surface area contributed by atoms with Crippen LogP contribution in [-0.2, 0) is 4.79 Å². The first-order valence-electron chi connectivity index (χ1n) is 4.59. The van der Waals surface area contributed by atoms with Gasteiger partial charge in [-0.3, -0.25) is 9.80 Å². The number of carboxylic acids is 1. The first-order valence-corrected chi connectivity index (χ1v) is 4.59. The molecule has 0 aromatic heterocycles. The van der Waals surface area contributed by atoms with Crippen LogP contribution in [0.1, 0.15) is 27.2 Å². The van der Waals surface area contributed by atoms with E-state index in [0.717, 1.165) is 12.3 Å². The fraction of sp³-hybridized carbons (Fsp3) is 0.778. The Hall–Kier alpha value is -1.06. The van der Waals surface area contributed by atoms with Crippen molar-refractivity contribution < 1.29 is 9.90 Å². The molecule has 0 spiro atoms. The predicted octanol–water partition coefficient (Wildman–Crippen LogP) is 1.18. The van der Waals surface area contributed by atoms with Crippen LogP contribution in [0.25, 0.3) is 0 Å². The van der Waals surface area contributed by atoms with Crippen molar-refractivity contribution in [3.05, 3.63) is 0 Å². The number of carbonyl (C=O) groups is 1. The van der Waals surface area contributed by atoms with Gasteiger partial charge in [-0.2, -0.15) is 5.10 Å².